The highest BCUT2D eigenvalue weighted by molar-refractivity contribution is 5.79. The van der Waals surface area contributed by atoms with Crippen LogP contribution in [-0.4, -0.2) is 61.4 Å². The van der Waals surface area contributed by atoms with Crippen LogP contribution in [0.3, 0.4) is 0 Å². The summed E-state index contributed by atoms with van der Waals surface area (Å²) in [6, 6.07) is 9.93. The molecule has 2 aliphatic rings. The minimum atomic E-state index is 0.287. The molecule has 1 unspecified atom stereocenters. The lowest BCUT2D eigenvalue weighted by atomic mass is 10.1. The molecular weight excluding hydrogens is 380 g/mol. The van der Waals surface area contributed by atoms with E-state index in [0.717, 1.165) is 62.8 Å². The molecule has 2 fully saturated rings. The molecule has 162 valence electrons. The smallest absolute Gasteiger partial charge is 0.226 e. The van der Waals surface area contributed by atoms with Crippen LogP contribution in [0.25, 0.3) is 11.5 Å². The number of hydrogen-bond acceptors (Lipinski definition) is 5. The molecule has 30 heavy (non-hydrogen) atoms. The van der Waals surface area contributed by atoms with E-state index < -0.39 is 0 Å². The average molecular weight is 413 g/mol. The third kappa shape index (κ3) is 5.61. The van der Waals surface area contributed by atoms with Gasteiger partial charge in [0.05, 0.1) is 31.1 Å². The number of guanidine groups is 1. The van der Waals surface area contributed by atoms with Crippen LogP contribution in [0.4, 0.5) is 0 Å². The van der Waals surface area contributed by atoms with Gasteiger partial charge >= 0.3 is 0 Å². The summed E-state index contributed by atoms with van der Waals surface area (Å²) in [5.74, 6) is 1.54. The summed E-state index contributed by atoms with van der Waals surface area (Å²) >= 11 is 0. The number of likely N-dealkylation sites (tertiary alicyclic amines) is 1. The molecule has 1 N–H and O–H groups in total. The van der Waals surface area contributed by atoms with Gasteiger partial charge in [-0.1, -0.05) is 18.2 Å². The van der Waals surface area contributed by atoms with E-state index in [2.05, 4.69) is 20.2 Å². The summed E-state index contributed by atoms with van der Waals surface area (Å²) < 4.78 is 17.5. The van der Waals surface area contributed by atoms with Gasteiger partial charge in [-0.25, -0.2) is 4.98 Å². The minimum absolute atomic E-state index is 0.287. The molecule has 7 nitrogen and oxygen atoms in total. The third-order valence-electron chi connectivity index (χ3n) is 5.75. The van der Waals surface area contributed by atoms with Gasteiger partial charge in [-0.3, -0.25) is 4.99 Å². The van der Waals surface area contributed by atoms with Crippen LogP contribution in [0.1, 0.15) is 37.8 Å². The average Bonchev–Trinajstić information content (AvgIpc) is 3.29. The van der Waals surface area contributed by atoms with Gasteiger partial charge in [0, 0.05) is 32.3 Å². The number of ether oxygens (including phenoxy) is 2. The lowest BCUT2D eigenvalue weighted by Crippen LogP contribution is -2.47. The zero-order valence-electron chi connectivity index (χ0n) is 17.8. The molecular formula is C23H32N4O3. The normalized spacial score (nSPS) is 21.0. The molecule has 0 amide bonds. The van der Waals surface area contributed by atoms with Crippen molar-refractivity contribution in [3.8, 4) is 11.5 Å². The maximum Gasteiger partial charge on any atom is 0.226 e. The van der Waals surface area contributed by atoms with Crippen molar-refractivity contribution in [1.82, 2.24) is 15.2 Å². The molecule has 1 aromatic carbocycles. The Morgan fingerprint density at radius 1 is 1.20 bits per heavy atom. The summed E-state index contributed by atoms with van der Waals surface area (Å²) in [4.78, 5) is 11.3. The van der Waals surface area contributed by atoms with Crippen molar-refractivity contribution in [2.45, 2.75) is 50.9 Å². The number of oxazole rings is 1. The quantitative estimate of drug-likeness (QED) is 0.579. The highest BCUT2D eigenvalue weighted by Gasteiger charge is 2.24. The van der Waals surface area contributed by atoms with Gasteiger partial charge in [0.25, 0.3) is 0 Å². The Bertz CT molecular complexity index is 794. The maximum absolute atomic E-state index is 6.12. The van der Waals surface area contributed by atoms with Gasteiger partial charge in [0.1, 0.15) is 6.26 Å². The molecule has 7 heteroatoms. The fourth-order valence-electron chi connectivity index (χ4n) is 4.02. The number of hydrogen-bond donors (Lipinski definition) is 1. The van der Waals surface area contributed by atoms with Crippen LogP contribution in [0.5, 0.6) is 0 Å². The van der Waals surface area contributed by atoms with Crippen LogP contribution in [0, 0.1) is 0 Å². The Hall–Kier alpha value is -2.38. The lowest BCUT2D eigenvalue weighted by molar-refractivity contribution is -0.0721. The zero-order chi connectivity index (χ0) is 20.6. The first-order valence-electron chi connectivity index (χ1n) is 11.0. The van der Waals surface area contributed by atoms with Gasteiger partial charge < -0.3 is 24.1 Å². The first kappa shape index (κ1) is 20.9. The lowest BCUT2D eigenvalue weighted by Gasteiger charge is -2.35. The van der Waals surface area contributed by atoms with Crippen LogP contribution >= 0.6 is 0 Å². The van der Waals surface area contributed by atoms with E-state index in [1.165, 1.54) is 12.8 Å². The Kier molecular flexibility index (Phi) is 7.37. The number of benzene rings is 1. The molecule has 3 heterocycles. The van der Waals surface area contributed by atoms with E-state index in [0.29, 0.717) is 18.5 Å². The predicted molar refractivity (Wildman–Crippen MR) is 116 cm³/mol. The number of aliphatic imine (C=N–C) groups is 1. The highest BCUT2D eigenvalue weighted by atomic mass is 16.5. The SMILES string of the molecule is CN=C(NCc1coc(-c2ccccc2)n1)N1CCC(OCC2CCCCO2)CC1. The monoisotopic (exact) mass is 412 g/mol. The largest absolute Gasteiger partial charge is 0.444 e. The number of piperidine rings is 1. The van der Waals surface area contributed by atoms with Crippen LogP contribution in [0.2, 0.25) is 0 Å². The summed E-state index contributed by atoms with van der Waals surface area (Å²) in [5.41, 5.74) is 1.84. The minimum Gasteiger partial charge on any atom is -0.444 e. The van der Waals surface area contributed by atoms with E-state index in [4.69, 9.17) is 13.9 Å². The van der Waals surface area contributed by atoms with E-state index in [9.17, 15) is 0 Å². The second-order valence-corrected chi connectivity index (χ2v) is 7.92. The van der Waals surface area contributed by atoms with E-state index >= 15 is 0 Å². The van der Waals surface area contributed by atoms with Crippen LogP contribution in [-0.2, 0) is 16.0 Å². The highest BCUT2D eigenvalue weighted by Crippen LogP contribution is 2.19. The summed E-state index contributed by atoms with van der Waals surface area (Å²) in [7, 11) is 1.82. The van der Waals surface area contributed by atoms with E-state index in [1.807, 2.05) is 37.4 Å². The number of nitrogens with zero attached hydrogens (tertiary/aromatic N) is 3. The molecule has 0 radical (unpaired) electrons. The molecule has 2 saturated heterocycles. The zero-order valence-corrected chi connectivity index (χ0v) is 17.8. The fraction of sp³-hybridized carbons (Fsp3) is 0.565. The maximum atomic E-state index is 6.12. The molecule has 2 aromatic rings. The summed E-state index contributed by atoms with van der Waals surface area (Å²) in [6.07, 6.45) is 7.89. The topological polar surface area (TPSA) is 72.1 Å². The first-order valence-corrected chi connectivity index (χ1v) is 11.0. The fourth-order valence-corrected chi connectivity index (χ4v) is 4.02. The Labute approximate surface area is 178 Å². The van der Waals surface area contributed by atoms with Crippen molar-refractivity contribution in [3.63, 3.8) is 0 Å². The van der Waals surface area contributed by atoms with Crippen molar-refractivity contribution in [3.05, 3.63) is 42.3 Å². The van der Waals surface area contributed by atoms with Crippen LogP contribution < -0.4 is 5.32 Å². The van der Waals surface area contributed by atoms with E-state index in [-0.39, 0.29) is 6.10 Å². The van der Waals surface area contributed by atoms with Gasteiger partial charge in [-0.05, 0) is 44.2 Å². The Morgan fingerprint density at radius 2 is 2.03 bits per heavy atom. The van der Waals surface area contributed by atoms with Crippen molar-refractivity contribution in [1.29, 1.82) is 0 Å². The molecule has 2 aliphatic heterocycles. The number of rotatable bonds is 6. The van der Waals surface area contributed by atoms with Crippen LogP contribution in [0.15, 0.2) is 46.0 Å². The van der Waals surface area contributed by atoms with Gasteiger partial charge in [-0.2, -0.15) is 0 Å². The number of nitrogens with one attached hydrogen (secondary N) is 1. The first-order chi connectivity index (χ1) is 14.8. The van der Waals surface area contributed by atoms with Crippen molar-refractivity contribution >= 4 is 5.96 Å². The molecule has 0 bridgehead atoms. The van der Waals surface area contributed by atoms with Gasteiger partial charge in [0.15, 0.2) is 5.96 Å². The van der Waals surface area contributed by atoms with Gasteiger partial charge in [0.2, 0.25) is 5.89 Å². The summed E-state index contributed by atoms with van der Waals surface area (Å²) in [6.45, 7) is 4.06. The third-order valence-corrected chi connectivity index (χ3v) is 5.75. The van der Waals surface area contributed by atoms with Gasteiger partial charge in [-0.15, -0.1) is 0 Å². The molecule has 1 aromatic heterocycles. The Morgan fingerprint density at radius 3 is 2.77 bits per heavy atom. The van der Waals surface area contributed by atoms with Crippen molar-refractivity contribution in [2.24, 2.45) is 4.99 Å². The molecule has 1 atom stereocenters. The van der Waals surface area contributed by atoms with Crippen molar-refractivity contribution in [2.75, 3.05) is 33.4 Å². The summed E-state index contributed by atoms with van der Waals surface area (Å²) in [5, 5.41) is 3.41. The molecule has 0 aliphatic carbocycles. The predicted octanol–water partition coefficient (Wildman–Crippen LogP) is 3.47. The van der Waals surface area contributed by atoms with E-state index in [1.54, 1.807) is 6.26 Å². The standard InChI is InChI=1S/C23H32N4O3/c1-24-23(25-15-19-16-30-22(26-19)18-7-3-2-4-8-18)27-12-10-20(11-13-27)29-17-21-9-5-6-14-28-21/h2-4,7-8,16,20-21H,5-6,9-15,17H2,1H3,(H,24,25). The molecule has 0 saturated carbocycles. The molecule has 4 rings (SSSR count). The second kappa shape index (κ2) is 10.6. The Balaban J connectivity index is 1.21. The number of aromatic nitrogens is 1. The molecule has 0 spiro atoms. The second-order valence-electron chi connectivity index (χ2n) is 7.92. The van der Waals surface area contributed by atoms with Crippen molar-refractivity contribution < 1.29 is 13.9 Å².